The van der Waals surface area contributed by atoms with Crippen molar-refractivity contribution in [2.24, 2.45) is 0 Å². The van der Waals surface area contributed by atoms with Gasteiger partial charge in [-0.2, -0.15) is 0 Å². The fraction of sp³-hybridized carbons (Fsp3) is 0.562. The molecule has 1 aromatic rings. The lowest BCUT2D eigenvalue weighted by molar-refractivity contribution is -0.123. The largest absolute Gasteiger partial charge is 0.497 e. The fourth-order valence-electron chi connectivity index (χ4n) is 2.62. The first-order chi connectivity index (χ1) is 9.20. The molecule has 0 aliphatic heterocycles. The average Bonchev–Trinajstić information content (AvgIpc) is 2.47. The highest BCUT2D eigenvalue weighted by molar-refractivity contribution is 5.83. The highest BCUT2D eigenvalue weighted by Crippen LogP contribution is 2.21. The maximum absolute atomic E-state index is 12.2. The Kier molecular flexibility index (Phi) is 4.83. The summed E-state index contributed by atoms with van der Waals surface area (Å²) in [4.78, 5) is 12.2. The van der Waals surface area contributed by atoms with Crippen LogP contribution in [0.4, 0.5) is 0 Å². The molecular weight excluding hydrogens is 238 g/mol. The number of carbonyl (C=O) groups excluding carboxylic acids is 1. The predicted molar refractivity (Wildman–Crippen MR) is 76.4 cm³/mol. The van der Waals surface area contributed by atoms with Crippen LogP contribution >= 0.6 is 0 Å². The molecule has 1 unspecified atom stereocenters. The van der Waals surface area contributed by atoms with Crippen molar-refractivity contribution in [3.63, 3.8) is 0 Å². The second kappa shape index (κ2) is 6.60. The van der Waals surface area contributed by atoms with Gasteiger partial charge in [0.25, 0.3) is 0 Å². The summed E-state index contributed by atoms with van der Waals surface area (Å²) in [6, 6.07) is 8.11. The van der Waals surface area contributed by atoms with Crippen molar-refractivity contribution in [1.29, 1.82) is 0 Å². The highest BCUT2D eigenvalue weighted by Gasteiger charge is 2.20. The number of rotatable bonds is 4. The van der Waals surface area contributed by atoms with E-state index in [2.05, 4.69) is 5.32 Å². The average molecular weight is 261 g/mol. The molecule has 1 aromatic carbocycles. The third-order valence-corrected chi connectivity index (χ3v) is 3.96. The molecule has 1 saturated carbocycles. The summed E-state index contributed by atoms with van der Waals surface area (Å²) in [5.74, 6) is 0.855. The van der Waals surface area contributed by atoms with E-state index in [4.69, 9.17) is 4.74 Å². The first-order valence-electron chi connectivity index (χ1n) is 7.15. The van der Waals surface area contributed by atoms with Gasteiger partial charge in [0, 0.05) is 6.04 Å². The Morgan fingerprint density at radius 2 is 1.84 bits per heavy atom. The number of hydrogen-bond acceptors (Lipinski definition) is 2. The molecule has 0 heterocycles. The zero-order valence-electron chi connectivity index (χ0n) is 11.8. The fourth-order valence-corrected chi connectivity index (χ4v) is 2.62. The second-order valence-corrected chi connectivity index (χ2v) is 5.34. The lowest BCUT2D eigenvalue weighted by Gasteiger charge is -2.24. The minimum absolute atomic E-state index is 0.104. The SMILES string of the molecule is COc1ccc(C(C)C(=O)NC2CCCCC2)cc1. The molecule has 1 aliphatic rings. The molecule has 19 heavy (non-hydrogen) atoms. The normalized spacial score (nSPS) is 17.8. The second-order valence-electron chi connectivity index (χ2n) is 5.34. The highest BCUT2D eigenvalue weighted by atomic mass is 16.5. The van der Waals surface area contributed by atoms with Gasteiger partial charge in [0.15, 0.2) is 0 Å². The molecule has 0 bridgehead atoms. The van der Waals surface area contributed by atoms with Gasteiger partial charge >= 0.3 is 0 Å². The molecule has 2 rings (SSSR count). The van der Waals surface area contributed by atoms with Crippen LogP contribution in [0.1, 0.15) is 50.5 Å². The summed E-state index contributed by atoms with van der Waals surface area (Å²) in [6.45, 7) is 1.96. The van der Waals surface area contributed by atoms with Crippen LogP contribution in [0, 0.1) is 0 Å². The van der Waals surface area contributed by atoms with Gasteiger partial charge in [0.1, 0.15) is 5.75 Å². The van der Waals surface area contributed by atoms with E-state index in [0.717, 1.165) is 24.2 Å². The van der Waals surface area contributed by atoms with E-state index in [-0.39, 0.29) is 11.8 Å². The molecule has 0 saturated heterocycles. The van der Waals surface area contributed by atoms with Gasteiger partial charge in [-0.3, -0.25) is 4.79 Å². The molecular formula is C16H23NO2. The Balaban J connectivity index is 1.93. The molecule has 1 N–H and O–H groups in total. The third kappa shape index (κ3) is 3.72. The van der Waals surface area contributed by atoms with Crippen LogP contribution in [0.3, 0.4) is 0 Å². The van der Waals surface area contributed by atoms with Crippen molar-refractivity contribution in [3.8, 4) is 5.75 Å². The Morgan fingerprint density at radius 1 is 1.21 bits per heavy atom. The molecule has 1 amide bonds. The van der Waals surface area contributed by atoms with Gasteiger partial charge in [0.2, 0.25) is 5.91 Å². The first-order valence-corrected chi connectivity index (χ1v) is 7.15. The Bertz CT molecular complexity index is 407. The van der Waals surface area contributed by atoms with Crippen LogP contribution in [0.2, 0.25) is 0 Å². The van der Waals surface area contributed by atoms with Gasteiger partial charge in [-0.05, 0) is 37.5 Å². The molecule has 3 heteroatoms. The summed E-state index contributed by atoms with van der Waals surface area (Å²) in [7, 11) is 1.65. The molecule has 3 nitrogen and oxygen atoms in total. The lowest BCUT2D eigenvalue weighted by atomic mass is 9.94. The molecule has 0 aromatic heterocycles. The van der Waals surface area contributed by atoms with E-state index in [0.29, 0.717) is 6.04 Å². The maximum atomic E-state index is 12.2. The molecule has 0 radical (unpaired) electrons. The Labute approximate surface area is 115 Å². The Morgan fingerprint density at radius 3 is 2.42 bits per heavy atom. The number of benzene rings is 1. The lowest BCUT2D eigenvalue weighted by Crippen LogP contribution is -2.38. The van der Waals surface area contributed by atoms with Crippen molar-refractivity contribution >= 4 is 5.91 Å². The van der Waals surface area contributed by atoms with Crippen molar-refractivity contribution < 1.29 is 9.53 Å². The van der Waals surface area contributed by atoms with Gasteiger partial charge in [-0.15, -0.1) is 0 Å². The number of nitrogens with one attached hydrogen (secondary N) is 1. The zero-order chi connectivity index (χ0) is 13.7. The van der Waals surface area contributed by atoms with Crippen LogP contribution in [-0.4, -0.2) is 19.1 Å². The monoisotopic (exact) mass is 261 g/mol. The van der Waals surface area contributed by atoms with Crippen LogP contribution in [0.25, 0.3) is 0 Å². The number of methoxy groups -OCH3 is 1. The third-order valence-electron chi connectivity index (χ3n) is 3.96. The van der Waals surface area contributed by atoms with E-state index < -0.39 is 0 Å². The quantitative estimate of drug-likeness (QED) is 0.903. The van der Waals surface area contributed by atoms with Crippen LogP contribution < -0.4 is 10.1 Å². The summed E-state index contributed by atoms with van der Waals surface area (Å²) in [5, 5.41) is 3.18. The molecule has 0 spiro atoms. The summed E-state index contributed by atoms with van der Waals surface area (Å²) in [5.41, 5.74) is 1.04. The number of hydrogen-bond donors (Lipinski definition) is 1. The van der Waals surface area contributed by atoms with Crippen LogP contribution in [0.5, 0.6) is 5.75 Å². The summed E-state index contributed by atoms with van der Waals surface area (Å²) >= 11 is 0. The van der Waals surface area contributed by atoms with Crippen molar-refractivity contribution in [2.75, 3.05) is 7.11 Å². The number of amides is 1. The minimum atomic E-state index is -0.104. The topological polar surface area (TPSA) is 38.3 Å². The number of ether oxygens (including phenoxy) is 1. The van der Waals surface area contributed by atoms with E-state index in [1.54, 1.807) is 7.11 Å². The van der Waals surface area contributed by atoms with Crippen molar-refractivity contribution in [1.82, 2.24) is 5.32 Å². The van der Waals surface area contributed by atoms with E-state index in [1.165, 1.54) is 19.3 Å². The molecule has 1 fully saturated rings. The van der Waals surface area contributed by atoms with Gasteiger partial charge < -0.3 is 10.1 Å². The summed E-state index contributed by atoms with van der Waals surface area (Å²) in [6.07, 6.45) is 6.03. The van der Waals surface area contributed by atoms with Gasteiger partial charge in [0.05, 0.1) is 13.0 Å². The van der Waals surface area contributed by atoms with Crippen LogP contribution in [-0.2, 0) is 4.79 Å². The first kappa shape index (κ1) is 13.9. The van der Waals surface area contributed by atoms with Gasteiger partial charge in [-0.25, -0.2) is 0 Å². The van der Waals surface area contributed by atoms with Crippen molar-refractivity contribution in [2.45, 2.75) is 51.0 Å². The minimum Gasteiger partial charge on any atom is -0.497 e. The smallest absolute Gasteiger partial charge is 0.227 e. The van der Waals surface area contributed by atoms with E-state index in [9.17, 15) is 4.79 Å². The van der Waals surface area contributed by atoms with E-state index in [1.807, 2.05) is 31.2 Å². The standard InChI is InChI=1S/C16H23NO2/c1-12(13-8-10-15(19-2)11-9-13)16(18)17-14-6-4-3-5-7-14/h8-12,14H,3-7H2,1-2H3,(H,17,18). The predicted octanol–water partition coefficient (Wildman–Crippen LogP) is 3.25. The van der Waals surface area contributed by atoms with Crippen molar-refractivity contribution in [3.05, 3.63) is 29.8 Å². The molecule has 1 aliphatic carbocycles. The summed E-state index contributed by atoms with van der Waals surface area (Å²) < 4.78 is 5.13. The maximum Gasteiger partial charge on any atom is 0.227 e. The van der Waals surface area contributed by atoms with E-state index >= 15 is 0 Å². The molecule has 104 valence electrons. The zero-order valence-corrected chi connectivity index (χ0v) is 11.8. The molecule has 1 atom stereocenters. The Hall–Kier alpha value is -1.51. The number of carbonyl (C=O) groups is 1. The van der Waals surface area contributed by atoms with Gasteiger partial charge in [-0.1, -0.05) is 31.4 Å². The van der Waals surface area contributed by atoms with Crippen LogP contribution in [0.15, 0.2) is 24.3 Å².